The molecule has 0 unspecified atom stereocenters. The van der Waals surface area contributed by atoms with E-state index in [2.05, 4.69) is 22.4 Å². The van der Waals surface area contributed by atoms with Crippen LogP contribution in [0.1, 0.15) is 33.6 Å². The van der Waals surface area contributed by atoms with Crippen LogP contribution in [0.5, 0.6) is 0 Å². The van der Waals surface area contributed by atoms with Gasteiger partial charge >= 0.3 is 5.97 Å². The van der Waals surface area contributed by atoms with Gasteiger partial charge in [-0.1, -0.05) is 0 Å². The fourth-order valence-electron chi connectivity index (χ4n) is 0.741. The Morgan fingerprint density at radius 2 is 2.15 bits per heavy atom. The normalized spacial score (nSPS) is 10.4. The van der Waals surface area contributed by atoms with E-state index < -0.39 is 5.60 Å². The maximum atomic E-state index is 11.1. The van der Waals surface area contributed by atoms with Crippen LogP contribution in [0.3, 0.4) is 0 Å². The van der Waals surface area contributed by atoms with Crippen molar-refractivity contribution in [2.45, 2.75) is 39.2 Å². The average molecular weight is 201 g/mol. The largest absolute Gasteiger partial charge is 0.460 e. The number of rotatable bonds is 4. The van der Waals surface area contributed by atoms with Gasteiger partial charge in [-0.15, -0.1) is 0 Å². The van der Waals surface area contributed by atoms with Crippen molar-refractivity contribution in [3.05, 3.63) is 0 Å². The molecule has 0 aromatic rings. The summed E-state index contributed by atoms with van der Waals surface area (Å²) in [6.45, 7) is 6.09. The van der Waals surface area contributed by atoms with Crippen LogP contribution in [0.15, 0.2) is 4.99 Å². The Morgan fingerprint density at radius 3 is 2.62 bits per heavy atom. The average Bonchev–Trinajstić information content (AvgIpc) is 1.94. The van der Waals surface area contributed by atoms with Crippen LogP contribution in [0.25, 0.3) is 0 Å². The van der Waals surface area contributed by atoms with Gasteiger partial charge in [-0.25, -0.2) is 4.99 Å². The predicted octanol–water partition coefficient (Wildman–Crippen LogP) is 2.21. The first-order valence-electron chi connectivity index (χ1n) is 4.21. The van der Waals surface area contributed by atoms with Crippen LogP contribution in [-0.4, -0.2) is 23.3 Å². The lowest BCUT2D eigenvalue weighted by Gasteiger charge is -2.19. The lowest BCUT2D eigenvalue weighted by Crippen LogP contribution is -2.23. The molecule has 3 nitrogen and oxygen atoms in total. The zero-order valence-corrected chi connectivity index (χ0v) is 9.11. The van der Waals surface area contributed by atoms with E-state index in [1.807, 2.05) is 20.8 Å². The highest BCUT2D eigenvalue weighted by Crippen LogP contribution is 2.08. The molecule has 4 heteroatoms. The fraction of sp³-hybridized carbons (Fsp3) is 0.778. The molecule has 0 rings (SSSR count). The van der Waals surface area contributed by atoms with E-state index in [-0.39, 0.29) is 5.97 Å². The molecule has 0 spiro atoms. The lowest BCUT2D eigenvalue weighted by molar-refractivity contribution is -0.154. The minimum atomic E-state index is -0.398. The van der Waals surface area contributed by atoms with Gasteiger partial charge in [-0.05, 0) is 39.4 Å². The molecule has 0 heterocycles. The number of nitrogens with zero attached hydrogens (tertiary/aromatic N) is 1. The van der Waals surface area contributed by atoms with Crippen molar-refractivity contribution in [3.8, 4) is 0 Å². The Morgan fingerprint density at radius 1 is 1.54 bits per heavy atom. The number of esters is 1. The Labute approximate surface area is 84.2 Å². The van der Waals surface area contributed by atoms with Crippen LogP contribution in [0.4, 0.5) is 0 Å². The maximum absolute atomic E-state index is 11.1. The van der Waals surface area contributed by atoms with Gasteiger partial charge in [0.25, 0.3) is 0 Å². The SMILES string of the molecule is CC(C)(C)OC(=O)CCCN=C=S. The zero-order valence-electron chi connectivity index (χ0n) is 8.29. The third kappa shape index (κ3) is 9.18. The fourth-order valence-corrected chi connectivity index (χ4v) is 0.832. The van der Waals surface area contributed by atoms with E-state index in [9.17, 15) is 4.79 Å². The van der Waals surface area contributed by atoms with Crippen LogP contribution in [0.2, 0.25) is 0 Å². The van der Waals surface area contributed by atoms with Crippen LogP contribution < -0.4 is 0 Å². The standard InChI is InChI=1S/C9H15NO2S/c1-9(2,3)12-8(11)5-4-6-10-7-13/h4-6H2,1-3H3. The van der Waals surface area contributed by atoms with Crippen LogP contribution in [0, 0.1) is 0 Å². The van der Waals surface area contributed by atoms with Gasteiger partial charge in [0.15, 0.2) is 0 Å². The lowest BCUT2D eigenvalue weighted by atomic mass is 10.2. The Balaban J connectivity index is 3.58. The van der Waals surface area contributed by atoms with Crippen molar-refractivity contribution in [2.24, 2.45) is 4.99 Å². The monoisotopic (exact) mass is 201 g/mol. The quantitative estimate of drug-likeness (QED) is 0.303. The minimum absolute atomic E-state index is 0.188. The van der Waals surface area contributed by atoms with Crippen molar-refractivity contribution < 1.29 is 9.53 Å². The number of aliphatic imine (C=N–C) groups is 1. The topological polar surface area (TPSA) is 38.7 Å². The highest BCUT2D eigenvalue weighted by atomic mass is 32.1. The summed E-state index contributed by atoms with van der Waals surface area (Å²) in [5.74, 6) is -0.188. The second kappa shape index (κ2) is 5.84. The molecule has 74 valence electrons. The summed E-state index contributed by atoms with van der Waals surface area (Å²) in [6, 6.07) is 0. The Hall–Kier alpha value is -0.730. The molecule has 0 amide bonds. The molecule has 0 atom stereocenters. The molecule has 13 heavy (non-hydrogen) atoms. The Kier molecular flexibility index (Phi) is 5.51. The molecule has 0 bridgehead atoms. The van der Waals surface area contributed by atoms with Gasteiger partial charge in [-0.3, -0.25) is 4.79 Å². The molecule has 0 radical (unpaired) electrons. The third-order valence-corrected chi connectivity index (χ3v) is 1.26. The highest BCUT2D eigenvalue weighted by Gasteiger charge is 2.15. The molecule has 0 aliphatic carbocycles. The van der Waals surface area contributed by atoms with E-state index in [4.69, 9.17) is 4.74 Å². The summed E-state index contributed by atoms with van der Waals surface area (Å²) < 4.78 is 5.09. The first-order valence-corrected chi connectivity index (χ1v) is 4.62. The van der Waals surface area contributed by atoms with E-state index in [0.29, 0.717) is 19.4 Å². The van der Waals surface area contributed by atoms with Crippen LogP contribution in [-0.2, 0) is 9.53 Å². The minimum Gasteiger partial charge on any atom is -0.460 e. The molecule has 0 aromatic carbocycles. The van der Waals surface area contributed by atoms with Gasteiger partial charge in [0, 0.05) is 13.0 Å². The highest BCUT2D eigenvalue weighted by molar-refractivity contribution is 7.78. The molecular weight excluding hydrogens is 186 g/mol. The predicted molar refractivity (Wildman–Crippen MR) is 55.0 cm³/mol. The first kappa shape index (κ1) is 12.3. The summed E-state index contributed by atoms with van der Waals surface area (Å²) in [5.41, 5.74) is -0.398. The van der Waals surface area contributed by atoms with Crippen molar-refractivity contribution in [1.29, 1.82) is 0 Å². The number of carbonyl (C=O) groups is 1. The van der Waals surface area contributed by atoms with Crippen molar-refractivity contribution >= 4 is 23.3 Å². The maximum Gasteiger partial charge on any atom is 0.306 e. The summed E-state index contributed by atoms with van der Waals surface area (Å²) in [7, 11) is 0. The van der Waals surface area contributed by atoms with Crippen molar-refractivity contribution in [3.63, 3.8) is 0 Å². The summed E-state index contributed by atoms with van der Waals surface area (Å²) >= 11 is 4.39. The number of thiocarbonyl (C=S) groups is 1. The van der Waals surface area contributed by atoms with Crippen molar-refractivity contribution in [2.75, 3.05) is 6.54 Å². The molecule has 0 fully saturated rings. The third-order valence-electron chi connectivity index (χ3n) is 1.14. The first-order chi connectivity index (χ1) is 5.95. The summed E-state index contributed by atoms with van der Waals surface area (Å²) in [5, 5.41) is 2.25. The molecule has 0 saturated carbocycles. The summed E-state index contributed by atoms with van der Waals surface area (Å²) in [4.78, 5) is 14.8. The van der Waals surface area contributed by atoms with E-state index >= 15 is 0 Å². The number of hydrogen-bond donors (Lipinski definition) is 0. The number of isothiocyanates is 1. The number of ether oxygens (including phenoxy) is 1. The molecule has 0 N–H and O–H groups in total. The van der Waals surface area contributed by atoms with E-state index in [1.165, 1.54) is 0 Å². The number of carbonyl (C=O) groups excluding carboxylic acids is 1. The van der Waals surface area contributed by atoms with Gasteiger partial charge < -0.3 is 4.74 Å². The summed E-state index contributed by atoms with van der Waals surface area (Å²) in [6.07, 6.45) is 1.05. The van der Waals surface area contributed by atoms with Gasteiger partial charge in [0.1, 0.15) is 5.60 Å². The number of hydrogen-bond acceptors (Lipinski definition) is 4. The molecule has 0 aliphatic heterocycles. The zero-order chi connectivity index (χ0) is 10.3. The smallest absolute Gasteiger partial charge is 0.306 e. The van der Waals surface area contributed by atoms with Gasteiger partial charge in [0.05, 0.1) is 5.16 Å². The van der Waals surface area contributed by atoms with Gasteiger partial charge in [-0.2, -0.15) is 0 Å². The van der Waals surface area contributed by atoms with E-state index in [0.717, 1.165) is 0 Å². The van der Waals surface area contributed by atoms with E-state index in [1.54, 1.807) is 0 Å². The van der Waals surface area contributed by atoms with Gasteiger partial charge in [0.2, 0.25) is 0 Å². The Bertz CT molecular complexity index is 214. The molecular formula is C9H15NO2S. The molecule has 0 aliphatic rings. The second-order valence-corrected chi connectivity index (χ2v) is 3.85. The van der Waals surface area contributed by atoms with Crippen molar-refractivity contribution in [1.82, 2.24) is 0 Å². The second-order valence-electron chi connectivity index (χ2n) is 3.66. The molecule has 0 saturated heterocycles. The molecule has 0 aromatic heterocycles. The van der Waals surface area contributed by atoms with Crippen LogP contribution >= 0.6 is 12.2 Å².